The van der Waals surface area contributed by atoms with Gasteiger partial charge in [0.2, 0.25) is 0 Å². The lowest BCUT2D eigenvalue weighted by atomic mass is 10.1. The molecule has 30 heavy (non-hydrogen) atoms. The Morgan fingerprint density at radius 2 is 1.50 bits per heavy atom. The number of β-amino-alcohol motifs (C(OH)–C–C–N with tert-alkyl or cyclic N) is 1. The summed E-state index contributed by atoms with van der Waals surface area (Å²) in [5.41, 5.74) is 3.79. The van der Waals surface area contributed by atoms with Crippen LogP contribution < -0.4 is 9.64 Å². The average Bonchev–Trinajstić information content (AvgIpc) is 3.07. The van der Waals surface area contributed by atoms with E-state index >= 15 is 0 Å². The molecule has 0 saturated heterocycles. The molecule has 1 unspecified atom stereocenters. The Morgan fingerprint density at radius 1 is 0.800 bits per heavy atom. The standard InChI is InChI=1S/C26H21NO3/c28-21(17-30-22-14-12-19(13-15-22)18-6-2-1-3-7-18)16-27-24-11-5-9-20-8-4-10-23(25(20)24)26(27)29/h1-15,21,28H,16-17H2. The fourth-order valence-corrected chi connectivity index (χ4v) is 3.99. The lowest BCUT2D eigenvalue weighted by molar-refractivity contribution is 0.0914. The zero-order chi connectivity index (χ0) is 20.5. The van der Waals surface area contributed by atoms with Gasteiger partial charge < -0.3 is 14.7 Å². The zero-order valence-corrected chi connectivity index (χ0v) is 16.4. The average molecular weight is 395 g/mol. The summed E-state index contributed by atoms with van der Waals surface area (Å²) in [4.78, 5) is 14.5. The van der Waals surface area contributed by atoms with Gasteiger partial charge in [0.05, 0.1) is 12.2 Å². The number of hydrogen-bond acceptors (Lipinski definition) is 3. The second-order valence-electron chi connectivity index (χ2n) is 7.45. The Labute approximate surface area is 175 Å². The molecule has 4 aromatic carbocycles. The highest BCUT2D eigenvalue weighted by Crippen LogP contribution is 2.37. The number of aliphatic hydroxyl groups is 1. The molecule has 0 spiro atoms. The molecule has 1 atom stereocenters. The second-order valence-corrected chi connectivity index (χ2v) is 7.45. The first-order chi connectivity index (χ1) is 14.7. The van der Waals surface area contributed by atoms with E-state index in [2.05, 4.69) is 12.1 Å². The molecule has 0 radical (unpaired) electrons. The Morgan fingerprint density at radius 3 is 2.27 bits per heavy atom. The van der Waals surface area contributed by atoms with E-state index in [4.69, 9.17) is 4.74 Å². The van der Waals surface area contributed by atoms with Crippen LogP contribution in [0.5, 0.6) is 5.75 Å². The lowest BCUT2D eigenvalue weighted by Gasteiger charge is -2.21. The maximum absolute atomic E-state index is 12.8. The number of hydrogen-bond donors (Lipinski definition) is 1. The molecule has 4 nitrogen and oxygen atoms in total. The minimum Gasteiger partial charge on any atom is -0.491 e. The zero-order valence-electron chi connectivity index (χ0n) is 16.4. The van der Waals surface area contributed by atoms with Crippen molar-refractivity contribution in [3.8, 4) is 16.9 Å². The highest BCUT2D eigenvalue weighted by Gasteiger charge is 2.30. The van der Waals surface area contributed by atoms with Crippen molar-refractivity contribution in [2.24, 2.45) is 0 Å². The van der Waals surface area contributed by atoms with E-state index in [1.54, 1.807) is 4.90 Å². The maximum atomic E-state index is 12.8. The molecule has 1 amide bonds. The Bertz CT molecular complexity index is 1200. The number of anilines is 1. The molecule has 0 fully saturated rings. The summed E-state index contributed by atoms with van der Waals surface area (Å²) in [6, 6.07) is 29.5. The highest BCUT2D eigenvalue weighted by atomic mass is 16.5. The summed E-state index contributed by atoms with van der Waals surface area (Å²) < 4.78 is 5.77. The number of ether oxygens (including phenoxy) is 1. The van der Waals surface area contributed by atoms with Gasteiger partial charge in [0.25, 0.3) is 5.91 Å². The predicted molar refractivity (Wildman–Crippen MR) is 119 cm³/mol. The number of amides is 1. The van der Waals surface area contributed by atoms with Gasteiger partial charge in [0.1, 0.15) is 18.5 Å². The van der Waals surface area contributed by atoms with E-state index in [0.29, 0.717) is 11.3 Å². The van der Waals surface area contributed by atoms with Gasteiger partial charge in [0.15, 0.2) is 0 Å². The third kappa shape index (κ3) is 3.31. The Balaban J connectivity index is 1.25. The van der Waals surface area contributed by atoms with Crippen LogP contribution in [0.3, 0.4) is 0 Å². The molecule has 1 aliphatic rings. The summed E-state index contributed by atoms with van der Waals surface area (Å²) in [5, 5.41) is 12.5. The molecule has 1 aliphatic heterocycles. The van der Waals surface area contributed by atoms with Crippen LogP contribution in [0, 0.1) is 0 Å². The molecule has 4 aromatic rings. The van der Waals surface area contributed by atoms with Crippen LogP contribution in [0.15, 0.2) is 91.0 Å². The lowest BCUT2D eigenvalue weighted by Crippen LogP contribution is -2.37. The number of rotatable bonds is 6. The first kappa shape index (κ1) is 18.4. The van der Waals surface area contributed by atoms with Crippen LogP contribution in [0.2, 0.25) is 0 Å². The van der Waals surface area contributed by atoms with Crippen molar-refractivity contribution in [3.63, 3.8) is 0 Å². The molecule has 0 aliphatic carbocycles. The SMILES string of the molecule is O=C1c2cccc3cccc(c23)N1CC(O)COc1ccc(-c2ccccc2)cc1. The summed E-state index contributed by atoms with van der Waals surface area (Å²) >= 11 is 0. The molecule has 0 aromatic heterocycles. The molecule has 1 N–H and O–H groups in total. The van der Waals surface area contributed by atoms with E-state index in [1.807, 2.05) is 78.9 Å². The number of carbonyl (C=O) groups is 1. The summed E-state index contributed by atoms with van der Waals surface area (Å²) in [5.74, 6) is 0.611. The van der Waals surface area contributed by atoms with Crippen molar-refractivity contribution < 1.29 is 14.6 Å². The first-order valence-corrected chi connectivity index (χ1v) is 10.0. The van der Waals surface area contributed by atoms with Gasteiger partial charge in [-0.3, -0.25) is 4.79 Å². The van der Waals surface area contributed by atoms with Crippen molar-refractivity contribution in [1.82, 2.24) is 0 Å². The summed E-state index contributed by atoms with van der Waals surface area (Å²) in [6.07, 6.45) is -0.799. The number of aliphatic hydroxyl groups excluding tert-OH is 1. The maximum Gasteiger partial charge on any atom is 0.259 e. The fourth-order valence-electron chi connectivity index (χ4n) is 3.99. The molecule has 148 valence electrons. The molecule has 0 saturated carbocycles. The molecular weight excluding hydrogens is 374 g/mol. The number of nitrogens with zero attached hydrogens (tertiary/aromatic N) is 1. The highest BCUT2D eigenvalue weighted by molar-refractivity contribution is 6.25. The first-order valence-electron chi connectivity index (χ1n) is 10.0. The second kappa shape index (κ2) is 7.65. The largest absolute Gasteiger partial charge is 0.491 e. The van der Waals surface area contributed by atoms with Crippen molar-refractivity contribution >= 4 is 22.4 Å². The molecular formula is C26H21NO3. The molecule has 5 rings (SSSR count). The van der Waals surface area contributed by atoms with Gasteiger partial charge in [-0.25, -0.2) is 0 Å². The van der Waals surface area contributed by atoms with Crippen LogP contribution in [0.1, 0.15) is 10.4 Å². The van der Waals surface area contributed by atoms with Crippen LogP contribution in [-0.2, 0) is 0 Å². The molecule has 0 bridgehead atoms. The monoisotopic (exact) mass is 395 g/mol. The van der Waals surface area contributed by atoms with Crippen LogP contribution >= 0.6 is 0 Å². The van der Waals surface area contributed by atoms with Crippen molar-refractivity contribution in [2.75, 3.05) is 18.1 Å². The molecule has 1 heterocycles. The van der Waals surface area contributed by atoms with E-state index in [0.717, 1.165) is 27.6 Å². The third-order valence-corrected chi connectivity index (χ3v) is 5.45. The van der Waals surface area contributed by atoms with E-state index in [1.165, 1.54) is 0 Å². The van der Waals surface area contributed by atoms with Crippen LogP contribution in [-0.4, -0.2) is 30.3 Å². The van der Waals surface area contributed by atoms with Gasteiger partial charge in [-0.2, -0.15) is 0 Å². The van der Waals surface area contributed by atoms with E-state index in [-0.39, 0.29) is 19.1 Å². The van der Waals surface area contributed by atoms with Crippen molar-refractivity contribution in [1.29, 1.82) is 0 Å². The predicted octanol–water partition coefficient (Wildman–Crippen LogP) is 4.91. The minimum atomic E-state index is -0.799. The fraction of sp³-hybridized carbons (Fsp3) is 0.115. The van der Waals surface area contributed by atoms with Crippen LogP contribution in [0.4, 0.5) is 5.69 Å². The van der Waals surface area contributed by atoms with Crippen molar-refractivity contribution in [2.45, 2.75) is 6.10 Å². The quantitative estimate of drug-likeness (QED) is 0.505. The smallest absolute Gasteiger partial charge is 0.259 e. The van der Waals surface area contributed by atoms with Gasteiger partial charge in [-0.05, 0) is 40.8 Å². The van der Waals surface area contributed by atoms with Gasteiger partial charge in [0, 0.05) is 10.9 Å². The molecule has 4 heteroatoms. The van der Waals surface area contributed by atoms with Crippen molar-refractivity contribution in [3.05, 3.63) is 96.6 Å². The van der Waals surface area contributed by atoms with E-state index in [9.17, 15) is 9.90 Å². The van der Waals surface area contributed by atoms with Gasteiger partial charge >= 0.3 is 0 Å². The third-order valence-electron chi connectivity index (χ3n) is 5.45. The number of benzene rings is 4. The Kier molecular flexibility index (Phi) is 4.69. The Hall–Kier alpha value is -3.63. The topological polar surface area (TPSA) is 49.8 Å². The summed E-state index contributed by atoms with van der Waals surface area (Å²) in [6.45, 7) is 0.301. The summed E-state index contributed by atoms with van der Waals surface area (Å²) in [7, 11) is 0. The van der Waals surface area contributed by atoms with E-state index < -0.39 is 6.10 Å². The van der Waals surface area contributed by atoms with Crippen LogP contribution in [0.25, 0.3) is 21.9 Å². The normalized spacial score (nSPS) is 13.6. The number of carbonyl (C=O) groups excluding carboxylic acids is 1. The minimum absolute atomic E-state index is 0.0759. The van der Waals surface area contributed by atoms with Gasteiger partial charge in [-0.1, -0.05) is 66.7 Å². The van der Waals surface area contributed by atoms with Gasteiger partial charge in [-0.15, -0.1) is 0 Å².